The summed E-state index contributed by atoms with van der Waals surface area (Å²) in [5.74, 6) is -1.23. The predicted molar refractivity (Wildman–Crippen MR) is 107 cm³/mol. The van der Waals surface area contributed by atoms with Crippen molar-refractivity contribution in [3.63, 3.8) is 0 Å². The summed E-state index contributed by atoms with van der Waals surface area (Å²) in [6.45, 7) is 7.96. The number of imide groups is 1. The van der Waals surface area contributed by atoms with Crippen LogP contribution < -0.4 is 5.32 Å². The molecule has 8 heteroatoms. The van der Waals surface area contributed by atoms with Gasteiger partial charge in [-0.1, -0.05) is 12.1 Å². The lowest BCUT2D eigenvalue weighted by Gasteiger charge is -2.36. The monoisotopic (exact) mass is 400 g/mol. The number of hydrogen-bond donors (Lipinski definition) is 1. The van der Waals surface area contributed by atoms with Gasteiger partial charge in [-0.05, 0) is 45.7 Å². The number of piperidine rings is 1. The molecular formula is C21H28N4O4. The van der Waals surface area contributed by atoms with E-state index in [0.29, 0.717) is 50.1 Å². The molecular weight excluding hydrogens is 372 g/mol. The minimum Gasteiger partial charge on any atom is -0.351 e. The third-order valence-corrected chi connectivity index (χ3v) is 5.74. The molecule has 29 heavy (non-hydrogen) atoms. The lowest BCUT2D eigenvalue weighted by Crippen LogP contribution is -2.54. The Labute approximate surface area is 170 Å². The van der Waals surface area contributed by atoms with Crippen molar-refractivity contribution in [2.24, 2.45) is 0 Å². The molecule has 1 atom stereocenters. The molecule has 156 valence electrons. The van der Waals surface area contributed by atoms with Crippen LogP contribution in [0.3, 0.4) is 0 Å². The summed E-state index contributed by atoms with van der Waals surface area (Å²) in [6.07, 6.45) is 1.29. The molecule has 1 aromatic rings. The number of amides is 5. The van der Waals surface area contributed by atoms with Crippen LogP contribution >= 0.6 is 0 Å². The molecule has 1 fully saturated rings. The summed E-state index contributed by atoms with van der Waals surface area (Å²) in [4.78, 5) is 54.9. The van der Waals surface area contributed by atoms with E-state index < -0.39 is 17.9 Å². The van der Waals surface area contributed by atoms with Crippen molar-refractivity contribution < 1.29 is 19.2 Å². The number of benzene rings is 1. The van der Waals surface area contributed by atoms with Gasteiger partial charge in [0.2, 0.25) is 5.91 Å². The van der Waals surface area contributed by atoms with E-state index in [1.165, 1.54) is 0 Å². The van der Waals surface area contributed by atoms with Crippen molar-refractivity contribution in [1.29, 1.82) is 0 Å². The molecule has 0 radical (unpaired) electrons. The molecule has 0 bridgehead atoms. The van der Waals surface area contributed by atoms with E-state index in [9.17, 15) is 19.2 Å². The standard InChI is InChI=1S/C21H28N4O4/c1-4-23(5-2)21(29)24-12-10-15(11-13-24)22-18(26)14(3)25-19(27)16-8-6-7-9-17(16)20(25)28/h6-9,14-15H,4-5,10-13H2,1-3H3,(H,22,26). The number of hydrogen-bond acceptors (Lipinski definition) is 4. The van der Waals surface area contributed by atoms with E-state index in [-0.39, 0.29) is 18.0 Å². The lowest BCUT2D eigenvalue weighted by molar-refractivity contribution is -0.125. The Morgan fingerprint density at radius 2 is 1.59 bits per heavy atom. The molecule has 1 aromatic carbocycles. The smallest absolute Gasteiger partial charge is 0.319 e. The van der Waals surface area contributed by atoms with Crippen molar-refractivity contribution in [3.8, 4) is 0 Å². The highest BCUT2D eigenvalue weighted by Gasteiger charge is 2.41. The van der Waals surface area contributed by atoms with Gasteiger partial charge < -0.3 is 15.1 Å². The van der Waals surface area contributed by atoms with Crippen LogP contribution in [0.1, 0.15) is 54.3 Å². The van der Waals surface area contributed by atoms with Crippen molar-refractivity contribution >= 4 is 23.8 Å². The minimum atomic E-state index is -0.891. The van der Waals surface area contributed by atoms with Gasteiger partial charge in [0.05, 0.1) is 11.1 Å². The average molecular weight is 400 g/mol. The number of fused-ring (bicyclic) bond motifs is 1. The van der Waals surface area contributed by atoms with Crippen LogP contribution in [-0.2, 0) is 4.79 Å². The predicted octanol–water partition coefficient (Wildman–Crippen LogP) is 1.71. The van der Waals surface area contributed by atoms with Gasteiger partial charge >= 0.3 is 6.03 Å². The number of nitrogens with one attached hydrogen (secondary N) is 1. The van der Waals surface area contributed by atoms with Crippen LogP contribution in [0, 0.1) is 0 Å². The topological polar surface area (TPSA) is 90.0 Å². The van der Waals surface area contributed by atoms with Crippen molar-refractivity contribution in [2.75, 3.05) is 26.2 Å². The second-order valence-corrected chi connectivity index (χ2v) is 7.43. The average Bonchev–Trinajstić information content (AvgIpc) is 2.99. The maximum absolute atomic E-state index is 12.7. The summed E-state index contributed by atoms with van der Waals surface area (Å²) < 4.78 is 0. The van der Waals surface area contributed by atoms with Crippen LogP contribution in [0.15, 0.2) is 24.3 Å². The zero-order chi connectivity index (χ0) is 21.1. The first-order valence-electron chi connectivity index (χ1n) is 10.2. The molecule has 5 amide bonds. The highest BCUT2D eigenvalue weighted by atomic mass is 16.2. The molecule has 1 unspecified atom stereocenters. The highest BCUT2D eigenvalue weighted by molar-refractivity contribution is 6.22. The van der Waals surface area contributed by atoms with E-state index in [0.717, 1.165) is 4.90 Å². The fraction of sp³-hybridized carbons (Fsp3) is 0.524. The van der Waals surface area contributed by atoms with Gasteiger partial charge in [-0.3, -0.25) is 19.3 Å². The van der Waals surface area contributed by atoms with E-state index in [1.807, 2.05) is 18.7 Å². The molecule has 2 aliphatic heterocycles. The molecule has 0 spiro atoms. The second kappa shape index (κ2) is 8.63. The van der Waals surface area contributed by atoms with Crippen molar-refractivity contribution in [2.45, 2.75) is 45.7 Å². The maximum atomic E-state index is 12.7. The Kier molecular flexibility index (Phi) is 6.20. The molecule has 0 saturated carbocycles. The lowest BCUT2D eigenvalue weighted by atomic mass is 10.0. The number of carbonyl (C=O) groups excluding carboxylic acids is 4. The Balaban J connectivity index is 1.56. The third-order valence-electron chi connectivity index (χ3n) is 5.74. The molecule has 3 rings (SSSR count). The maximum Gasteiger partial charge on any atom is 0.319 e. The van der Waals surface area contributed by atoms with Crippen LogP contribution in [0.2, 0.25) is 0 Å². The molecule has 1 N–H and O–H groups in total. The third kappa shape index (κ3) is 3.97. The van der Waals surface area contributed by atoms with E-state index in [1.54, 1.807) is 36.1 Å². The van der Waals surface area contributed by atoms with Crippen molar-refractivity contribution in [3.05, 3.63) is 35.4 Å². The first kappa shape index (κ1) is 20.8. The molecule has 2 aliphatic rings. The van der Waals surface area contributed by atoms with E-state index in [2.05, 4.69) is 5.32 Å². The van der Waals surface area contributed by atoms with E-state index >= 15 is 0 Å². The number of nitrogens with zero attached hydrogens (tertiary/aromatic N) is 3. The van der Waals surface area contributed by atoms with Gasteiger partial charge in [0, 0.05) is 32.2 Å². The van der Waals surface area contributed by atoms with Crippen LogP contribution in [0.4, 0.5) is 4.79 Å². The number of likely N-dealkylation sites (tertiary alicyclic amines) is 1. The van der Waals surface area contributed by atoms with Gasteiger partial charge in [-0.15, -0.1) is 0 Å². The minimum absolute atomic E-state index is 0.0270. The second-order valence-electron chi connectivity index (χ2n) is 7.43. The van der Waals surface area contributed by atoms with Gasteiger partial charge in [-0.25, -0.2) is 4.79 Å². The Morgan fingerprint density at radius 1 is 1.07 bits per heavy atom. The van der Waals surface area contributed by atoms with Crippen LogP contribution in [0.25, 0.3) is 0 Å². The van der Waals surface area contributed by atoms with E-state index in [4.69, 9.17) is 0 Å². The Morgan fingerprint density at radius 3 is 2.07 bits per heavy atom. The van der Waals surface area contributed by atoms with Gasteiger partial charge in [-0.2, -0.15) is 0 Å². The largest absolute Gasteiger partial charge is 0.351 e. The fourth-order valence-electron chi connectivity index (χ4n) is 3.91. The molecule has 2 heterocycles. The number of urea groups is 1. The highest BCUT2D eigenvalue weighted by Crippen LogP contribution is 2.24. The molecule has 0 aromatic heterocycles. The number of rotatable bonds is 5. The molecule has 8 nitrogen and oxygen atoms in total. The molecule has 0 aliphatic carbocycles. The normalized spacial score (nSPS) is 17.9. The zero-order valence-corrected chi connectivity index (χ0v) is 17.2. The fourth-order valence-corrected chi connectivity index (χ4v) is 3.91. The van der Waals surface area contributed by atoms with Gasteiger partial charge in [0.25, 0.3) is 11.8 Å². The van der Waals surface area contributed by atoms with Crippen LogP contribution in [-0.4, -0.2) is 76.7 Å². The summed E-state index contributed by atoms with van der Waals surface area (Å²) >= 11 is 0. The zero-order valence-electron chi connectivity index (χ0n) is 17.2. The summed E-state index contributed by atoms with van der Waals surface area (Å²) in [5.41, 5.74) is 0.667. The number of carbonyl (C=O) groups is 4. The SMILES string of the molecule is CCN(CC)C(=O)N1CCC(NC(=O)C(C)N2C(=O)c3ccccc3C2=O)CC1. The van der Waals surface area contributed by atoms with Crippen LogP contribution in [0.5, 0.6) is 0 Å². The first-order chi connectivity index (χ1) is 13.9. The first-order valence-corrected chi connectivity index (χ1v) is 10.2. The summed E-state index contributed by atoms with van der Waals surface area (Å²) in [6, 6.07) is 5.65. The summed E-state index contributed by atoms with van der Waals surface area (Å²) in [5, 5.41) is 2.94. The van der Waals surface area contributed by atoms with Gasteiger partial charge in [0.1, 0.15) is 6.04 Å². The molecule has 1 saturated heterocycles. The Bertz CT molecular complexity index is 778. The Hall–Kier alpha value is -2.90. The van der Waals surface area contributed by atoms with Crippen molar-refractivity contribution in [1.82, 2.24) is 20.0 Å². The quantitative estimate of drug-likeness (QED) is 0.762. The summed E-state index contributed by atoms with van der Waals surface area (Å²) in [7, 11) is 0. The van der Waals surface area contributed by atoms with Gasteiger partial charge in [0.15, 0.2) is 0 Å².